The number of hydrogen-bond acceptors (Lipinski definition) is 6. The van der Waals surface area contributed by atoms with E-state index in [-0.39, 0.29) is 52.9 Å². The molecule has 1 aliphatic rings. The first-order valence-electron chi connectivity index (χ1n) is 9.01. The highest BCUT2D eigenvalue weighted by molar-refractivity contribution is 7.91. The summed E-state index contributed by atoms with van der Waals surface area (Å²) in [7, 11) is -3.84. The van der Waals surface area contributed by atoms with Crippen LogP contribution in [0.2, 0.25) is 0 Å². The van der Waals surface area contributed by atoms with Gasteiger partial charge in [0.25, 0.3) is 0 Å². The first-order chi connectivity index (χ1) is 13.2. The van der Waals surface area contributed by atoms with Crippen molar-refractivity contribution in [2.75, 3.05) is 12.4 Å². The highest BCUT2D eigenvalue weighted by Crippen LogP contribution is 2.30. The zero-order valence-electron chi connectivity index (χ0n) is 15.7. The van der Waals surface area contributed by atoms with Crippen molar-refractivity contribution in [3.8, 4) is 0 Å². The minimum Gasteiger partial charge on any atom is -0.511 e. The van der Waals surface area contributed by atoms with Gasteiger partial charge in [0.15, 0.2) is 27.3 Å². The third kappa shape index (κ3) is 5.15. The number of nitrogens with zero attached hydrogens (tertiary/aromatic N) is 1. The minimum absolute atomic E-state index is 0.0673. The molecule has 1 aromatic rings. The van der Waals surface area contributed by atoms with Gasteiger partial charge < -0.3 is 9.94 Å². The summed E-state index contributed by atoms with van der Waals surface area (Å²) in [5.74, 6) is -3.53. The van der Waals surface area contributed by atoms with Gasteiger partial charge in [-0.3, -0.25) is 4.79 Å². The molecule has 154 valence electrons. The van der Waals surface area contributed by atoms with Gasteiger partial charge in [-0.05, 0) is 43.9 Å². The Morgan fingerprint density at radius 3 is 2.54 bits per heavy atom. The Balaban J connectivity index is 2.11. The van der Waals surface area contributed by atoms with Gasteiger partial charge in [0.2, 0.25) is 0 Å². The van der Waals surface area contributed by atoms with Gasteiger partial charge in [-0.15, -0.1) is 0 Å². The zero-order chi connectivity index (χ0) is 20.9. The molecular weight excluding hydrogens is 392 g/mol. The first-order valence-corrected chi connectivity index (χ1v) is 10.7. The molecule has 0 aromatic heterocycles. The third-order valence-electron chi connectivity index (χ3n) is 4.50. The second-order valence-corrected chi connectivity index (χ2v) is 8.62. The first kappa shape index (κ1) is 22.0. The molecule has 6 nitrogen and oxygen atoms in total. The van der Waals surface area contributed by atoms with Crippen molar-refractivity contribution in [2.24, 2.45) is 11.1 Å². The van der Waals surface area contributed by atoms with Crippen molar-refractivity contribution in [3.63, 3.8) is 0 Å². The van der Waals surface area contributed by atoms with Gasteiger partial charge >= 0.3 is 0 Å². The fourth-order valence-electron chi connectivity index (χ4n) is 3.04. The molecule has 0 saturated heterocycles. The van der Waals surface area contributed by atoms with Crippen LogP contribution in [0.25, 0.3) is 0 Å². The summed E-state index contributed by atoms with van der Waals surface area (Å²) in [5, 5.41) is 14.2. The molecule has 0 saturated carbocycles. The largest absolute Gasteiger partial charge is 0.511 e. The fourth-order valence-corrected chi connectivity index (χ4v) is 4.48. The Labute approximate surface area is 162 Å². The summed E-state index contributed by atoms with van der Waals surface area (Å²) in [5.41, 5.74) is 0.493. The van der Waals surface area contributed by atoms with E-state index in [1.807, 2.05) is 0 Å². The molecule has 0 fully saturated rings. The summed E-state index contributed by atoms with van der Waals surface area (Å²) in [6.07, 6.45) is 0.714. The van der Waals surface area contributed by atoms with E-state index in [2.05, 4.69) is 5.16 Å². The Morgan fingerprint density at radius 1 is 1.25 bits per heavy atom. The summed E-state index contributed by atoms with van der Waals surface area (Å²) >= 11 is 0. The van der Waals surface area contributed by atoms with E-state index in [0.29, 0.717) is 24.8 Å². The normalized spacial score (nSPS) is 18.5. The molecule has 0 amide bonds. The standard InChI is InChI=1S/C19H23F2NO5S/c1-3-16(22-27-4-2)19-17(23)9-12(10-18(19)24)7-8-28(25,26)13-5-6-14(20)15(21)11-13/h5-6,11-12,23H,3-4,7-10H2,1-2H3. The van der Waals surface area contributed by atoms with E-state index in [1.165, 1.54) is 0 Å². The molecule has 1 aliphatic carbocycles. The predicted octanol–water partition coefficient (Wildman–Crippen LogP) is 3.72. The lowest BCUT2D eigenvalue weighted by Crippen LogP contribution is -2.26. The van der Waals surface area contributed by atoms with E-state index >= 15 is 0 Å². The van der Waals surface area contributed by atoms with Gasteiger partial charge in [0, 0.05) is 12.8 Å². The van der Waals surface area contributed by atoms with E-state index in [4.69, 9.17) is 4.84 Å². The highest BCUT2D eigenvalue weighted by atomic mass is 32.2. The van der Waals surface area contributed by atoms with Crippen LogP contribution in [-0.4, -0.2) is 37.4 Å². The summed E-state index contributed by atoms with van der Waals surface area (Å²) < 4.78 is 51.0. The summed E-state index contributed by atoms with van der Waals surface area (Å²) in [6, 6.07) is 2.41. The van der Waals surface area contributed by atoms with Crippen molar-refractivity contribution < 1.29 is 31.9 Å². The molecule has 2 rings (SSSR count). The molecule has 0 spiro atoms. The Bertz CT molecular complexity index is 909. The average Bonchev–Trinajstić information content (AvgIpc) is 2.64. The van der Waals surface area contributed by atoms with Crippen LogP contribution in [0, 0.1) is 17.6 Å². The average molecular weight is 415 g/mol. The lowest BCUT2D eigenvalue weighted by molar-refractivity contribution is -0.116. The van der Waals surface area contributed by atoms with Crippen LogP contribution in [0.15, 0.2) is 39.6 Å². The molecule has 9 heteroatoms. The van der Waals surface area contributed by atoms with E-state index in [1.54, 1.807) is 13.8 Å². The smallest absolute Gasteiger partial charge is 0.178 e. The van der Waals surface area contributed by atoms with Crippen LogP contribution >= 0.6 is 0 Å². The number of aliphatic hydroxyl groups excluding tert-OH is 1. The number of ketones is 1. The topological polar surface area (TPSA) is 93.0 Å². The van der Waals surface area contributed by atoms with Gasteiger partial charge in [0.05, 0.1) is 21.9 Å². The number of carbonyl (C=O) groups excluding carboxylic acids is 1. The van der Waals surface area contributed by atoms with Crippen LogP contribution in [0.4, 0.5) is 8.78 Å². The lowest BCUT2D eigenvalue weighted by Gasteiger charge is -2.23. The molecule has 1 unspecified atom stereocenters. The van der Waals surface area contributed by atoms with Crippen molar-refractivity contribution in [3.05, 3.63) is 41.2 Å². The number of halogens is 2. The number of allylic oxidation sites excluding steroid dienone is 2. The molecule has 0 heterocycles. The quantitative estimate of drug-likeness (QED) is 0.397. The Kier molecular flexibility index (Phi) is 7.29. The van der Waals surface area contributed by atoms with Crippen molar-refractivity contribution in [1.82, 2.24) is 0 Å². The number of benzene rings is 1. The third-order valence-corrected chi connectivity index (χ3v) is 6.24. The number of sulfone groups is 1. The molecule has 1 atom stereocenters. The van der Waals surface area contributed by atoms with Gasteiger partial charge in [-0.2, -0.15) is 0 Å². The monoisotopic (exact) mass is 415 g/mol. The van der Waals surface area contributed by atoms with Crippen LogP contribution in [0.3, 0.4) is 0 Å². The van der Waals surface area contributed by atoms with Crippen LogP contribution < -0.4 is 0 Å². The summed E-state index contributed by atoms with van der Waals surface area (Å²) in [4.78, 5) is 17.1. The maximum Gasteiger partial charge on any atom is 0.178 e. The van der Waals surface area contributed by atoms with Crippen LogP contribution in [0.1, 0.15) is 39.5 Å². The van der Waals surface area contributed by atoms with Crippen molar-refractivity contribution in [1.29, 1.82) is 0 Å². The van der Waals surface area contributed by atoms with Gasteiger partial charge in [-0.25, -0.2) is 17.2 Å². The number of hydrogen-bond donors (Lipinski definition) is 1. The Morgan fingerprint density at radius 2 is 1.96 bits per heavy atom. The van der Waals surface area contributed by atoms with Gasteiger partial charge in [-0.1, -0.05) is 12.1 Å². The second kappa shape index (κ2) is 9.27. The maximum atomic E-state index is 13.3. The fraction of sp³-hybridized carbons (Fsp3) is 0.474. The molecule has 1 aromatic carbocycles. The SMILES string of the molecule is CCON=C(CC)C1=C(O)CC(CCS(=O)(=O)c2ccc(F)c(F)c2)CC1=O. The minimum atomic E-state index is -3.84. The van der Waals surface area contributed by atoms with Crippen LogP contribution in [0.5, 0.6) is 0 Å². The summed E-state index contributed by atoms with van der Waals surface area (Å²) in [6.45, 7) is 3.86. The van der Waals surface area contributed by atoms with Crippen molar-refractivity contribution >= 4 is 21.3 Å². The number of carbonyl (C=O) groups is 1. The number of oxime groups is 1. The second-order valence-electron chi connectivity index (χ2n) is 6.51. The molecule has 0 aliphatic heterocycles. The Hall–Kier alpha value is -2.29. The van der Waals surface area contributed by atoms with E-state index in [9.17, 15) is 27.1 Å². The number of rotatable bonds is 8. The molecule has 0 bridgehead atoms. The number of Topliss-reactive ketones (excluding diaryl/α,β-unsaturated/α-hetero) is 1. The number of aliphatic hydroxyl groups is 1. The molecule has 1 N–H and O–H groups in total. The van der Waals surface area contributed by atoms with Crippen molar-refractivity contribution in [2.45, 2.75) is 44.4 Å². The lowest BCUT2D eigenvalue weighted by atomic mass is 9.83. The van der Waals surface area contributed by atoms with E-state index < -0.39 is 21.5 Å². The van der Waals surface area contributed by atoms with Crippen LogP contribution in [-0.2, 0) is 19.5 Å². The predicted molar refractivity (Wildman–Crippen MR) is 99.8 cm³/mol. The zero-order valence-corrected chi connectivity index (χ0v) is 16.6. The molecule has 28 heavy (non-hydrogen) atoms. The molecular formula is C19H23F2NO5S. The van der Waals surface area contributed by atoms with E-state index in [0.717, 1.165) is 12.1 Å². The maximum absolute atomic E-state index is 13.3. The highest BCUT2D eigenvalue weighted by Gasteiger charge is 2.31. The van der Waals surface area contributed by atoms with Gasteiger partial charge in [0.1, 0.15) is 12.4 Å². The molecule has 0 radical (unpaired) electrons.